The van der Waals surface area contributed by atoms with Crippen LogP contribution in [0.15, 0.2) is 12.2 Å². The van der Waals surface area contributed by atoms with E-state index in [4.69, 9.17) is 23.4 Å². The lowest BCUT2D eigenvalue weighted by Crippen LogP contribution is -2.51. The molecule has 0 spiro atoms. The summed E-state index contributed by atoms with van der Waals surface area (Å²) >= 11 is 0. The molecule has 0 N–H and O–H groups in total. The lowest BCUT2D eigenvalue weighted by atomic mass is 9.89. The number of hydrogen-bond acceptors (Lipinski definition) is 6. The second kappa shape index (κ2) is 12.9. The van der Waals surface area contributed by atoms with E-state index in [1.807, 2.05) is 27.7 Å². The van der Waals surface area contributed by atoms with Crippen LogP contribution in [-0.2, 0) is 28.2 Å². The Labute approximate surface area is 234 Å². The van der Waals surface area contributed by atoms with Gasteiger partial charge in [-0.1, -0.05) is 67.5 Å². The maximum Gasteiger partial charge on any atom is 0.200 e. The van der Waals surface area contributed by atoms with Crippen molar-refractivity contribution in [1.29, 1.82) is 0 Å². The van der Waals surface area contributed by atoms with Crippen LogP contribution in [0.4, 0.5) is 0 Å². The van der Waals surface area contributed by atoms with Gasteiger partial charge in [0.25, 0.3) is 0 Å². The first-order valence-electron chi connectivity index (χ1n) is 14.8. The first-order chi connectivity index (χ1) is 17.3. The van der Waals surface area contributed by atoms with Crippen molar-refractivity contribution in [2.75, 3.05) is 6.61 Å². The molecule has 2 aliphatic rings. The Balaban J connectivity index is 2.28. The van der Waals surface area contributed by atoms with Crippen LogP contribution in [0.1, 0.15) is 109 Å². The van der Waals surface area contributed by atoms with Crippen molar-refractivity contribution in [2.24, 2.45) is 11.8 Å². The predicted molar refractivity (Wildman–Crippen MR) is 157 cm³/mol. The Morgan fingerprint density at radius 3 is 1.92 bits per heavy atom. The first kappa shape index (κ1) is 33.6. The van der Waals surface area contributed by atoms with E-state index < -0.39 is 26.0 Å². The number of carbonyl (C=O) groups is 1. The van der Waals surface area contributed by atoms with Gasteiger partial charge in [-0.25, -0.2) is 0 Å². The number of ether oxygens (including phenoxy) is 4. The average Bonchev–Trinajstić information content (AvgIpc) is 3.28. The molecule has 0 unspecified atom stereocenters. The summed E-state index contributed by atoms with van der Waals surface area (Å²) in [7, 11) is -2.19. The molecular formula is C31H58O6Si. The van der Waals surface area contributed by atoms with Crippen LogP contribution in [0.25, 0.3) is 0 Å². The van der Waals surface area contributed by atoms with Crippen LogP contribution in [0.5, 0.6) is 0 Å². The number of hydrogen-bond donors (Lipinski definition) is 0. The van der Waals surface area contributed by atoms with Crippen molar-refractivity contribution in [2.45, 2.75) is 162 Å². The molecule has 2 rings (SSSR count). The van der Waals surface area contributed by atoms with Gasteiger partial charge in [0.15, 0.2) is 17.4 Å². The standard InChI is InChI=1S/C31H58O6Si/c1-19(2)23(9)15-25(37-38(20(3)4,21(5)6)22(7)8)17-27(32)29-28(35-31(13,14)36-29)24(10)16-26-18-33-30(11,12)34-26/h20-26,28-29H,1,15-18H2,2-14H3/t23-,24-,25-,26-,28+,29+/m1/s1. The Hall–Kier alpha value is -0.573. The van der Waals surface area contributed by atoms with Gasteiger partial charge in [0.1, 0.15) is 6.10 Å². The third-order valence-electron chi connectivity index (χ3n) is 8.67. The van der Waals surface area contributed by atoms with E-state index in [9.17, 15) is 4.79 Å². The monoisotopic (exact) mass is 554 g/mol. The minimum Gasteiger partial charge on any atom is -0.413 e. The zero-order valence-corrected chi connectivity index (χ0v) is 27.7. The van der Waals surface area contributed by atoms with Crippen molar-refractivity contribution >= 4 is 14.1 Å². The number of rotatable bonds is 14. The van der Waals surface area contributed by atoms with Crippen molar-refractivity contribution < 1.29 is 28.2 Å². The summed E-state index contributed by atoms with van der Waals surface area (Å²) in [6, 6.07) is 0. The zero-order valence-electron chi connectivity index (χ0n) is 26.7. The van der Waals surface area contributed by atoms with Crippen LogP contribution in [-0.4, -0.2) is 56.7 Å². The maximum atomic E-state index is 14.0. The number of ketones is 1. The van der Waals surface area contributed by atoms with Crippen LogP contribution in [0.2, 0.25) is 16.6 Å². The molecule has 0 aromatic rings. The molecule has 0 saturated carbocycles. The van der Waals surface area contributed by atoms with Gasteiger partial charge in [0, 0.05) is 6.42 Å². The van der Waals surface area contributed by atoms with Gasteiger partial charge in [0.05, 0.1) is 24.9 Å². The summed E-state index contributed by atoms with van der Waals surface area (Å²) < 4.78 is 31.6. The molecule has 0 aromatic carbocycles. The molecular weight excluding hydrogens is 496 g/mol. The fourth-order valence-electron chi connectivity index (χ4n) is 6.69. The quantitative estimate of drug-likeness (QED) is 0.161. The molecule has 2 heterocycles. The molecule has 0 amide bonds. The van der Waals surface area contributed by atoms with Crippen molar-refractivity contribution in [3.05, 3.63) is 12.2 Å². The fourth-order valence-corrected chi connectivity index (χ4v) is 12.3. The highest BCUT2D eigenvalue weighted by Gasteiger charge is 2.50. The Morgan fingerprint density at radius 2 is 1.47 bits per heavy atom. The molecule has 0 radical (unpaired) electrons. The fraction of sp³-hybridized carbons (Fsp3) is 0.903. The van der Waals surface area contributed by atoms with E-state index in [-0.39, 0.29) is 35.9 Å². The average molecular weight is 555 g/mol. The molecule has 6 atom stereocenters. The van der Waals surface area contributed by atoms with Gasteiger partial charge < -0.3 is 23.4 Å². The molecule has 0 bridgehead atoms. The third kappa shape index (κ3) is 8.23. The van der Waals surface area contributed by atoms with E-state index >= 15 is 0 Å². The SMILES string of the molecule is C=C(C)[C@H](C)C[C@H](CC(=O)[C@@H]1OC(C)(C)O[C@H]1[C@H](C)C[C@@H]1COC(C)(C)O1)O[Si](C(C)C)(C(C)C)C(C)C. The van der Waals surface area contributed by atoms with Crippen LogP contribution in [0, 0.1) is 11.8 Å². The molecule has 38 heavy (non-hydrogen) atoms. The molecule has 0 aliphatic carbocycles. The third-order valence-corrected chi connectivity index (χ3v) is 14.8. The smallest absolute Gasteiger partial charge is 0.200 e. The zero-order chi connectivity index (χ0) is 29.2. The minimum absolute atomic E-state index is 0.0229. The first-order valence-corrected chi connectivity index (χ1v) is 17.0. The molecule has 2 fully saturated rings. The highest BCUT2D eigenvalue weighted by Crippen LogP contribution is 2.44. The largest absolute Gasteiger partial charge is 0.413 e. The van der Waals surface area contributed by atoms with E-state index in [2.05, 4.69) is 68.9 Å². The van der Waals surface area contributed by atoms with Gasteiger partial charge in [0.2, 0.25) is 8.32 Å². The summed E-state index contributed by atoms with van der Waals surface area (Å²) in [5.41, 5.74) is 2.44. The molecule has 2 aliphatic heterocycles. The van der Waals surface area contributed by atoms with Gasteiger partial charge >= 0.3 is 0 Å². The summed E-state index contributed by atoms with van der Waals surface area (Å²) in [6.07, 6.45) is 0.673. The second-order valence-electron chi connectivity index (χ2n) is 13.9. The number of carbonyl (C=O) groups excluding carboxylic acids is 1. The van der Waals surface area contributed by atoms with E-state index in [1.54, 1.807) is 0 Å². The minimum atomic E-state index is -2.19. The van der Waals surface area contributed by atoms with Crippen LogP contribution in [0.3, 0.4) is 0 Å². The van der Waals surface area contributed by atoms with Gasteiger partial charge in [-0.15, -0.1) is 0 Å². The summed E-state index contributed by atoms with van der Waals surface area (Å²) in [5.74, 6) is -0.998. The van der Waals surface area contributed by atoms with Crippen molar-refractivity contribution in [3.8, 4) is 0 Å². The number of allylic oxidation sites excluding steroid dienone is 1. The Morgan fingerprint density at radius 1 is 0.921 bits per heavy atom. The maximum absolute atomic E-state index is 14.0. The Kier molecular flexibility index (Phi) is 11.5. The highest BCUT2D eigenvalue weighted by molar-refractivity contribution is 6.77. The molecule has 0 aromatic heterocycles. The van der Waals surface area contributed by atoms with E-state index in [0.717, 1.165) is 18.4 Å². The van der Waals surface area contributed by atoms with Crippen LogP contribution >= 0.6 is 0 Å². The molecule has 2 saturated heterocycles. The normalized spacial score (nSPS) is 27.7. The molecule has 222 valence electrons. The lowest BCUT2D eigenvalue weighted by Gasteiger charge is -2.45. The lowest BCUT2D eigenvalue weighted by molar-refractivity contribution is -0.159. The topological polar surface area (TPSA) is 63.2 Å². The van der Waals surface area contributed by atoms with E-state index in [0.29, 0.717) is 29.7 Å². The molecule has 7 heteroatoms. The Bertz CT molecular complexity index is 782. The van der Waals surface area contributed by atoms with Crippen LogP contribution < -0.4 is 0 Å². The van der Waals surface area contributed by atoms with Crippen molar-refractivity contribution in [1.82, 2.24) is 0 Å². The predicted octanol–water partition coefficient (Wildman–Crippen LogP) is 7.81. The number of Topliss-reactive ketones (excluding diaryl/α,β-unsaturated/α-hetero) is 1. The molecule has 6 nitrogen and oxygen atoms in total. The van der Waals surface area contributed by atoms with Crippen molar-refractivity contribution in [3.63, 3.8) is 0 Å². The van der Waals surface area contributed by atoms with Gasteiger partial charge in [-0.3, -0.25) is 4.79 Å². The second-order valence-corrected chi connectivity index (χ2v) is 19.3. The summed E-state index contributed by atoms with van der Waals surface area (Å²) in [5, 5.41) is 0. The summed E-state index contributed by atoms with van der Waals surface area (Å²) in [6.45, 7) is 32.5. The van der Waals surface area contributed by atoms with Gasteiger partial charge in [-0.2, -0.15) is 0 Å². The van der Waals surface area contributed by atoms with Gasteiger partial charge in [-0.05, 0) is 75.9 Å². The summed E-state index contributed by atoms with van der Waals surface area (Å²) in [4.78, 5) is 14.0. The van der Waals surface area contributed by atoms with E-state index in [1.165, 1.54) is 0 Å². The highest BCUT2D eigenvalue weighted by atomic mass is 28.4.